The van der Waals surface area contributed by atoms with Crippen molar-refractivity contribution in [3.8, 4) is 0 Å². The van der Waals surface area contributed by atoms with Crippen LogP contribution in [0.5, 0.6) is 0 Å². The van der Waals surface area contributed by atoms with Gasteiger partial charge >= 0.3 is 0 Å². The van der Waals surface area contributed by atoms with Gasteiger partial charge in [-0.1, -0.05) is 11.6 Å². The number of hydrogen-bond acceptors (Lipinski definition) is 4. The van der Waals surface area contributed by atoms with Crippen molar-refractivity contribution in [1.29, 1.82) is 0 Å². The molecule has 0 spiro atoms. The van der Waals surface area contributed by atoms with Crippen LogP contribution in [0.15, 0.2) is 35.1 Å². The third-order valence-electron chi connectivity index (χ3n) is 4.19. The molecule has 26 heavy (non-hydrogen) atoms. The van der Waals surface area contributed by atoms with Gasteiger partial charge in [-0.25, -0.2) is 9.07 Å². The Morgan fingerprint density at radius 3 is 2.27 bits per heavy atom. The van der Waals surface area contributed by atoms with Gasteiger partial charge in [-0.05, 0) is 24.3 Å². The van der Waals surface area contributed by atoms with E-state index in [1.54, 1.807) is 4.90 Å². The molecule has 1 aromatic heterocycles. The monoisotopic (exact) mass is 378 g/mol. The SMILES string of the molecule is Cn1nc(C(=O)N2CCN(C(=O)c3cc(Cl)ccc3F)CC2)ccc1=O. The average Bonchev–Trinajstić information content (AvgIpc) is 2.65. The summed E-state index contributed by atoms with van der Waals surface area (Å²) in [6.07, 6.45) is 0. The summed E-state index contributed by atoms with van der Waals surface area (Å²) >= 11 is 5.83. The highest BCUT2D eigenvalue weighted by atomic mass is 35.5. The van der Waals surface area contributed by atoms with E-state index < -0.39 is 11.7 Å². The zero-order valence-electron chi connectivity index (χ0n) is 14.0. The number of amides is 2. The van der Waals surface area contributed by atoms with Crippen LogP contribution in [0.1, 0.15) is 20.8 Å². The number of benzene rings is 1. The maximum Gasteiger partial charge on any atom is 0.274 e. The molecular formula is C17H16ClFN4O3. The highest BCUT2D eigenvalue weighted by Gasteiger charge is 2.27. The molecule has 3 rings (SSSR count). The van der Waals surface area contributed by atoms with Crippen molar-refractivity contribution >= 4 is 23.4 Å². The van der Waals surface area contributed by atoms with E-state index in [9.17, 15) is 18.8 Å². The quantitative estimate of drug-likeness (QED) is 0.786. The van der Waals surface area contributed by atoms with Crippen LogP contribution in [-0.2, 0) is 7.05 Å². The third kappa shape index (κ3) is 3.60. The van der Waals surface area contributed by atoms with Gasteiger partial charge < -0.3 is 9.80 Å². The highest BCUT2D eigenvalue weighted by molar-refractivity contribution is 6.31. The molecule has 0 aliphatic carbocycles. The number of carbonyl (C=O) groups excluding carboxylic acids is 2. The van der Waals surface area contributed by atoms with Crippen molar-refractivity contribution in [1.82, 2.24) is 19.6 Å². The van der Waals surface area contributed by atoms with Crippen LogP contribution < -0.4 is 5.56 Å². The van der Waals surface area contributed by atoms with Gasteiger partial charge in [0, 0.05) is 44.3 Å². The number of halogens is 2. The molecule has 0 N–H and O–H groups in total. The Hall–Kier alpha value is -2.74. The molecule has 136 valence electrons. The molecule has 0 radical (unpaired) electrons. The molecule has 2 heterocycles. The van der Waals surface area contributed by atoms with Crippen LogP contribution in [0.4, 0.5) is 4.39 Å². The fourth-order valence-electron chi connectivity index (χ4n) is 2.72. The zero-order chi connectivity index (χ0) is 18.8. The van der Waals surface area contributed by atoms with E-state index in [0.29, 0.717) is 0 Å². The zero-order valence-corrected chi connectivity index (χ0v) is 14.7. The van der Waals surface area contributed by atoms with Crippen molar-refractivity contribution in [2.45, 2.75) is 0 Å². The molecule has 2 amide bonds. The van der Waals surface area contributed by atoms with Crippen molar-refractivity contribution in [3.63, 3.8) is 0 Å². The van der Waals surface area contributed by atoms with Crippen LogP contribution in [0.25, 0.3) is 0 Å². The van der Waals surface area contributed by atoms with Gasteiger partial charge in [0.05, 0.1) is 5.56 Å². The summed E-state index contributed by atoms with van der Waals surface area (Å²) in [5.74, 6) is -1.41. The van der Waals surface area contributed by atoms with E-state index in [1.165, 1.54) is 36.2 Å². The van der Waals surface area contributed by atoms with Gasteiger partial charge in [-0.2, -0.15) is 5.10 Å². The van der Waals surface area contributed by atoms with Crippen LogP contribution in [-0.4, -0.2) is 57.6 Å². The second-order valence-electron chi connectivity index (χ2n) is 5.89. The lowest BCUT2D eigenvalue weighted by Gasteiger charge is -2.34. The van der Waals surface area contributed by atoms with Crippen molar-refractivity contribution in [2.75, 3.05) is 26.2 Å². The minimum atomic E-state index is -0.632. The van der Waals surface area contributed by atoms with Crippen LogP contribution >= 0.6 is 11.6 Å². The van der Waals surface area contributed by atoms with Gasteiger partial charge in [0.2, 0.25) is 0 Å². The second-order valence-corrected chi connectivity index (χ2v) is 6.33. The van der Waals surface area contributed by atoms with Crippen molar-refractivity contribution in [2.24, 2.45) is 7.05 Å². The predicted octanol–water partition coefficient (Wildman–Crippen LogP) is 1.17. The summed E-state index contributed by atoms with van der Waals surface area (Å²) in [5.41, 5.74) is -0.231. The van der Waals surface area contributed by atoms with Crippen LogP contribution in [0.2, 0.25) is 5.02 Å². The van der Waals surface area contributed by atoms with E-state index in [-0.39, 0.29) is 53.9 Å². The van der Waals surface area contributed by atoms with E-state index in [2.05, 4.69) is 5.10 Å². The average molecular weight is 379 g/mol. The van der Waals surface area contributed by atoms with Gasteiger partial charge in [-0.3, -0.25) is 14.4 Å². The Labute approximate surface area is 153 Å². The Balaban J connectivity index is 1.67. The second kappa shape index (κ2) is 7.25. The van der Waals surface area contributed by atoms with E-state index in [4.69, 9.17) is 11.6 Å². The van der Waals surface area contributed by atoms with Crippen molar-refractivity contribution in [3.05, 3.63) is 62.8 Å². The summed E-state index contributed by atoms with van der Waals surface area (Å²) in [5, 5.41) is 4.22. The smallest absolute Gasteiger partial charge is 0.274 e. The predicted molar refractivity (Wildman–Crippen MR) is 92.7 cm³/mol. The summed E-state index contributed by atoms with van der Waals surface area (Å²) in [4.78, 5) is 39.3. The summed E-state index contributed by atoms with van der Waals surface area (Å²) in [6, 6.07) is 6.49. The summed E-state index contributed by atoms with van der Waals surface area (Å²) in [6.45, 7) is 1.11. The fraction of sp³-hybridized carbons (Fsp3) is 0.294. The minimum absolute atomic E-state index is 0.0861. The summed E-state index contributed by atoms with van der Waals surface area (Å²) < 4.78 is 15.0. The molecule has 1 aromatic carbocycles. The van der Waals surface area contributed by atoms with Gasteiger partial charge in [0.25, 0.3) is 17.4 Å². The number of aromatic nitrogens is 2. The highest BCUT2D eigenvalue weighted by Crippen LogP contribution is 2.18. The topological polar surface area (TPSA) is 75.5 Å². The van der Waals surface area contributed by atoms with Crippen LogP contribution in [0, 0.1) is 5.82 Å². The molecule has 0 atom stereocenters. The lowest BCUT2D eigenvalue weighted by molar-refractivity contribution is 0.0528. The van der Waals surface area contributed by atoms with Crippen LogP contribution in [0.3, 0.4) is 0 Å². The first-order valence-corrected chi connectivity index (χ1v) is 8.32. The molecule has 0 saturated carbocycles. The number of hydrogen-bond donors (Lipinski definition) is 0. The Bertz CT molecular complexity index is 922. The first-order chi connectivity index (χ1) is 12.4. The number of carbonyl (C=O) groups is 2. The standard InChI is InChI=1S/C17H16ClFN4O3/c1-21-15(24)5-4-14(20-21)17(26)23-8-6-22(7-9-23)16(25)12-10-11(18)2-3-13(12)19/h2-5,10H,6-9H2,1H3. The first-order valence-electron chi connectivity index (χ1n) is 7.95. The van der Waals surface area contributed by atoms with Crippen molar-refractivity contribution < 1.29 is 14.0 Å². The number of rotatable bonds is 2. The Morgan fingerprint density at radius 1 is 1.04 bits per heavy atom. The van der Waals surface area contributed by atoms with E-state index >= 15 is 0 Å². The molecule has 0 unspecified atom stereocenters. The van der Waals surface area contributed by atoms with Gasteiger partial charge in [0.15, 0.2) is 0 Å². The maximum atomic E-state index is 13.9. The molecule has 1 saturated heterocycles. The largest absolute Gasteiger partial charge is 0.335 e. The van der Waals surface area contributed by atoms with E-state index in [1.807, 2.05) is 0 Å². The third-order valence-corrected chi connectivity index (χ3v) is 4.43. The lowest BCUT2D eigenvalue weighted by Crippen LogP contribution is -2.51. The lowest BCUT2D eigenvalue weighted by atomic mass is 10.1. The Kier molecular flexibility index (Phi) is 5.03. The fourth-order valence-corrected chi connectivity index (χ4v) is 2.89. The van der Waals surface area contributed by atoms with Gasteiger partial charge in [-0.15, -0.1) is 0 Å². The van der Waals surface area contributed by atoms with Gasteiger partial charge in [0.1, 0.15) is 11.5 Å². The molecule has 2 aromatic rings. The number of piperazine rings is 1. The number of nitrogens with zero attached hydrogens (tertiary/aromatic N) is 4. The number of aryl methyl sites for hydroxylation is 1. The maximum absolute atomic E-state index is 13.9. The molecule has 0 bridgehead atoms. The molecule has 1 aliphatic heterocycles. The minimum Gasteiger partial charge on any atom is -0.335 e. The molecule has 7 nitrogen and oxygen atoms in total. The normalized spacial score (nSPS) is 14.4. The molecule has 1 fully saturated rings. The molecule has 1 aliphatic rings. The first kappa shape index (κ1) is 18.1. The molecule has 9 heteroatoms. The van der Waals surface area contributed by atoms with E-state index in [0.717, 1.165) is 10.7 Å². The molecular weight excluding hydrogens is 363 g/mol. The Morgan fingerprint density at radius 2 is 1.65 bits per heavy atom. The summed E-state index contributed by atoms with van der Waals surface area (Å²) in [7, 11) is 1.47.